The lowest BCUT2D eigenvalue weighted by Gasteiger charge is -2.33. The summed E-state index contributed by atoms with van der Waals surface area (Å²) in [6.45, 7) is 2.67. The van der Waals surface area contributed by atoms with Crippen molar-refractivity contribution >= 4 is 11.9 Å². The zero-order chi connectivity index (χ0) is 19.1. The van der Waals surface area contributed by atoms with E-state index < -0.39 is 5.97 Å². The van der Waals surface area contributed by atoms with E-state index in [4.69, 9.17) is 10.1 Å². The molecule has 27 heavy (non-hydrogen) atoms. The standard InChI is InChI=1S/C21H31N3O3/c25-20(24-14-12-23(13-15-24)16-21(26)27)9-3-1-2-7-18-11-10-17-6-4-5-8-19(17)22-18/h10-11H,1-9,12-16H2,(H,26,27). The molecule has 2 heterocycles. The quantitative estimate of drug-likeness (QED) is 0.708. The van der Waals surface area contributed by atoms with Gasteiger partial charge in [0.05, 0.1) is 6.54 Å². The van der Waals surface area contributed by atoms with Crippen LogP contribution >= 0.6 is 0 Å². The molecule has 6 heteroatoms. The molecular weight excluding hydrogens is 342 g/mol. The first-order chi connectivity index (χ1) is 13.1. The van der Waals surface area contributed by atoms with Crippen LogP contribution in [0.25, 0.3) is 0 Å². The third kappa shape index (κ3) is 6.03. The monoisotopic (exact) mass is 373 g/mol. The third-order valence-electron chi connectivity index (χ3n) is 5.64. The lowest BCUT2D eigenvalue weighted by atomic mass is 9.95. The smallest absolute Gasteiger partial charge is 0.317 e. The molecule has 0 spiro atoms. The molecular formula is C21H31N3O3. The topological polar surface area (TPSA) is 73.7 Å². The highest BCUT2D eigenvalue weighted by Crippen LogP contribution is 2.20. The maximum Gasteiger partial charge on any atom is 0.317 e. The molecule has 1 aromatic heterocycles. The van der Waals surface area contributed by atoms with Crippen molar-refractivity contribution in [3.8, 4) is 0 Å². The number of unbranched alkanes of at least 4 members (excludes halogenated alkanes) is 2. The van der Waals surface area contributed by atoms with Crippen molar-refractivity contribution in [3.05, 3.63) is 29.1 Å². The summed E-state index contributed by atoms with van der Waals surface area (Å²) in [6.07, 6.45) is 9.47. The van der Waals surface area contributed by atoms with Gasteiger partial charge in [-0.05, 0) is 56.6 Å². The van der Waals surface area contributed by atoms with Gasteiger partial charge in [-0.15, -0.1) is 0 Å². The summed E-state index contributed by atoms with van der Waals surface area (Å²) in [5.74, 6) is -0.597. The van der Waals surface area contributed by atoms with E-state index in [0.717, 1.165) is 32.1 Å². The van der Waals surface area contributed by atoms with Crippen molar-refractivity contribution in [3.63, 3.8) is 0 Å². The van der Waals surface area contributed by atoms with Crippen LogP contribution in [-0.2, 0) is 28.9 Å². The van der Waals surface area contributed by atoms with Crippen molar-refractivity contribution in [2.75, 3.05) is 32.7 Å². The van der Waals surface area contributed by atoms with Crippen LogP contribution in [0.3, 0.4) is 0 Å². The Morgan fingerprint density at radius 2 is 1.78 bits per heavy atom. The molecule has 0 aromatic carbocycles. The van der Waals surface area contributed by atoms with Gasteiger partial charge in [0, 0.05) is 44.0 Å². The summed E-state index contributed by atoms with van der Waals surface area (Å²) < 4.78 is 0. The number of aryl methyl sites for hydroxylation is 3. The molecule has 0 bridgehead atoms. The van der Waals surface area contributed by atoms with Crippen molar-refractivity contribution in [1.29, 1.82) is 0 Å². The van der Waals surface area contributed by atoms with Crippen molar-refractivity contribution in [2.24, 2.45) is 0 Å². The molecule has 1 N–H and O–H groups in total. The molecule has 1 saturated heterocycles. The van der Waals surface area contributed by atoms with Crippen LogP contribution in [0, 0.1) is 0 Å². The van der Waals surface area contributed by atoms with E-state index in [1.54, 1.807) is 0 Å². The van der Waals surface area contributed by atoms with E-state index >= 15 is 0 Å². The van der Waals surface area contributed by atoms with Crippen LogP contribution in [0.5, 0.6) is 0 Å². The van der Waals surface area contributed by atoms with E-state index in [-0.39, 0.29) is 12.5 Å². The predicted molar refractivity (Wildman–Crippen MR) is 104 cm³/mol. The van der Waals surface area contributed by atoms with Gasteiger partial charge in [-0.2, -0.15) is 0 Å². The van der Waals surface area contributed by atoms with Gasteiger partial charge in [0.2, 0.25) is 5.91 Å². The Bertz CT molecular complexity index is 654. The maximum atomic E-state index is 12.3. The second kappa shape index (κ2) is 9.83. The number of carbonyl (C=O) groups is 2. The number of pyridine rings is 1. The molecule has 1 fully saturated rings. The number of carboxylic acids is 1. The van der Waals surface area contributed by atoms with Crippen LogP contribution in [0.4, 0.5) is 0 Å². The minimum absolute atomic E-state index is 0.0682. The SMILES string of the molecule is O=C(O)CN1CCN(C(=O)CCCCCc2ccc3c(n2)CCCC3)CC1. The number of carbonyl (C=O) groups excluding carboxylic acids is 1. The maximum absolute atomic E-state index is 12.3. The summed E-state index contributed by atoms with van der Waals surface area (Å²) >= 11 is 0. The summed E-state index contributed by atoms with van der Waals surface area (Å²) in [7, 11) is 0. The lowest BCUT2D eigenvalue weighted by molar-refractivity contribution is -0.139. The normalized spacial score (nSPS) is 17.6. The Balaban J connectivity index is 1.30. The van der Waals surface area contributed by atoms with Gasteiger partial charge < -0.3 is 10.0 Å². The molecule has 0 saturated carbocycles. The Labute approximate surface area is 161 Å². The Hall–Kier alpha value is -1.95. The van der Waals surface area contributed by atoms with Gasteiger partial charge in [0.1, 0.15) is 0 Å². The summed E-state index contributed by atoms with van der Waals surface area (Å²) in [6, 6.07) is 4.43. The summed E-state index contributed by atoms with van der Waals surface area (Å²) in [5.41, 5.74) is 3.92. The van der Waals surface area contributed by atoms with Gasteiger partial charge in [-0.3, -0.25) is 19.5 Å². The van der Waals surface area contributed by atoms with Gasteiger partial charge >= 0.3 is 5.97 Å². The molecule has 1 amide bonds. The second-order valence-electron chi connectivity index (χ2n) is 7.73. The summed E-state index contributed by atoms with van der Waals surface area (Å²) in [5, 5.41) is 8.82. The highest BCUT2D eigenvalue weighted by atomic mass is 16.4. The molecule has 6 nitrogen and oxygen atoms in total. The van der Waals surface area contributed by atoms with E-state index in [9.17, 15) is 9.59 Å². The van der Waals surface area contributed by atoms with Gasteiger partial charge in [0.15, 0.2) is 0 Å². The van der Waals surface area contributed by atoms with Crippen LogP contribution in [0.2, 0.25) is 0 Å². The number of nitrogens with zero attached hydrogens (tertiary/aromatic N) is 3. The number of hydrogen-bond donors (Lipinski definition) is 1. The van der Waals surface area contributed by atoms with Crippen LogP contribution < -0.4 is 0 Å². The molecule has 0 atom stereocenters. The number of hydrogen-bond acceptors (Lipinski definition) is 4. The van der Waals surface area contributed by atoms with Crippen LogP contribution in [0.15, 0.2) is 12.1 Å². The predicted octanol–water partition coefficient (Wildman–Crippen LogP) is 2.29. The molecule has 0 radical (unpaired) electrons. The molecule has 3 rings (SSSR count). The fraction of sp³-hybridized carbons (Fsp3) is 0.667. The average molecular weight is 373 g/mol. The van der Waals surface area contributed by atoms with Gasteiger partial charge in [-0.25, -0.2) is 0 Å². The van der Waals surface area contributed by atoms with Crippen molar-refractivity contribution < 1.29 is 14.7 Å². The third-order valence-corrected chi connectivity index (χ3v) is 5.64. The molecule has 148 valence electrons. The fourth-order valence-corrected chi connectivity index (χ4v) is 4.03. The number of carboxylic acid groups (broad SMARTS) is 1. The largest absolute Gasteiger partial charge is 0.480 e. The van der Waals surface area contributed by atoms with Gasteiger partial charge in [0.25, 0.3) is 0 Å². The number of piperazine rings is 1. The molecule has 1 aliphatic carbocycles. The number of rotatable bonds is 8. The Morgan fingerprint density at radius 3 is 2.56 bits per heavy atom. The zero-order valence-corrected chi connectivity index (χ0v) is 16.2. The first-order valence-corrected chi connectivity index (χ1v) is 10.3. The number of amides is 1. The minimum Gasteiger partial charge on any atom is -0.480 e. The average Bonchev–Trinajstić information content (AvgIpc) is 2.67. The molecule has 2 aliphatic rings. The van der Waals surface area contributed by atoms with Crippen LogP contribution in [-0.4, -0.2) is 64.5 Å². The van der Waals surface area contributed by atoms with E-state index in [1.165, 1.54) is 36.2 Å². The Kier molecular flexibility index (Phi) is 7.21. The second-order valence-corrected chi connectivity index (χ2v) is 7.73. The van der Waals surface area contributed by atoms with E-state index in [2.05, 4.69) is 12.1 Å². The van der Waals surface area contributed by atoms with Crippen LogP contribution in [0.1, 0.15) is 55.5 Å². The molecule has 1 aromatic rings. The highest BCUT2D eigenvalue weighted by Gasteiger charge is 2.21. The van der Waals surface area contributed by atoms with E-state index in [0.29, 0.717) is 32.6 Å². The first kappa shape index (κ1) is 19.8. The first-order valence-electron chi connectivity index (χ1n) is 10.3. The summed E-state index contributed by atoms with van der Waals surface area (Å²) in [4.78, 5) is 31.6. The highest BCUT2D eigenvalue weighted by molar-refractivity contribution is 5.76. The molecule has 0 unspecified atom stereocenters. The minimum atomic E-state index is -0.803. The fourth-order valence-electron chi connectivity index (χ4n) is 4.03. The zero-order valence-electron chi connectivity index (χ0n) is 16.2. The Morgan fingerprint density at radius 1 is 1.00 bits per heavy atom. The number of fused-ring (bicyclic) bond motifs is 1. The lowest BCUT2D eigenvalue weighted by Crippen LogP contribution is -2.49. The van der Waals surface area contributed by atoms with Crippen molar-refractivity contribution in [1.82, 2.24) is 14.8 Å². The molecule has 1 aliphatic heterocycles. The number of aliphatic carboxylic acids is 1. The van der Waals surface area contributed by atoms with Gasteiger partial charge in [-0.1, -0.05) is 12.5 Å². The van der Waals surface area contributed by atoms with E-state index in [1.807, 2.05) is 9.80 Å². The number of aromatic nitrogens is 1. The van der Waals surface area contributed by atoms with Crippen molar-refractivity contribution in [2.45, 2.75) is 57.8 Å².